The first-order chi connectivity index (χ1) is 9.95. The molecule has 0 radical (unpaired) electrons. The fourth-order valence-electron chi connectivity index (χ4n) is 2.33. The average Bonchev–Trinajstić information content (AvgIpc) is 2.43. The fraction of sp³-hybridized carbons (Fsp3) is 0.316. The number of carbonyl (C=O) groups is 1. The van der Waals surface area contributed by atoms with Gasteiger partial charge in [-0.05, 0) is 49.9 Å². The molecule has 0 saturated heterocycles. The number of benzene rings is 2. The van der Waals surface area contributed by atoms with Crippen LogP contribution in [0.1, 0.15) is 40.8 Å². The van der Waals surface area contributed by atoms with E-state index in [1.54, 1.807) is 0 Å². The molecule has 2 rings (SSSR count). The second-order valence-corrected chi connectivity index (χ2v) is 5.80. The zero-order valence-electron chi connectivity index (χ0n) is 13.2. The molecule has 0 aliphatic heterocycles. The predicted octanol–water partition coefficient (Wildman–Crippen LogP) is 4.03. The van der Waals surface area contributed by atoms with Crippen LogP contribution in [0, 0.1) is 20.8 Å². The van der Waals surface area contributed by atoms with Gasteiger partial charge in [-0.2, -0.15) is 0 Å². The predicted molar refractivity (Wildman–Crippen MR) is 87.4 cm³/mol. The molecule has 2 aromatic carbocycles. The van der Waals surface area contributed by atoms with E-state index in [9.17, 15) is 4.79 Å². The summed E-state index contributed by atoms with van der Waals surface area (Å²) in [5.41, 5.74) is 5.91. The van der Waals surface area contributed by atoms with Crippen molar-refractivity contribution in [1.29, 1.82) is 0 Å². The Labute approximate surface area is 127 Å². The first kappa shape index (κ1) is 15.3. The molecule has 1 N–H and O–H groups in total. The highest BCUT2D eigenvalue weighted by molar-refractivity contribution is 5.79. The van der Waals surface area contributed by atoms with Crippen LogP contribution in [-0.2, 0) is 11.2 Å². The van der Waals surface area contributed by atoms with E-state index in [-0.39, 0.29) is 11.9 Å². The third-order valence-electron chi connectivity index (χ3n) is 3.89. The van der Waals surface area contributed by atoms with Gasteiger partial charge in [-0.1, -0.05) is 48.0 Å². The van der Waals surface area contributed by atoms with Crippen LogP contribution in [0.4, 0.5) is 0 Å². The summed E-state index contributed by atoms with van der Waals surface area (Å²) >= 11 is 0. The molecule has 0 unspecified atom stereocenters. The molecule has 0 aliphatic rings. The van der Waals surface area contributed by atoms with Gasteiger partial charge >= 0.3 is 0 Å². The highest BCUT2D eigenvalue weighted by Crippen LogP contribution is 2.14. The van der Waals surface area contributed by atoms with E-state index in [1.165, 1.54) is 16.7 Å². The molecule has 0 spiro atoms. The number of aryl methyl sites for hydroxylation is 3. The first-order valence-corrected chi connectivity index (χ1v) is 7.38. The van der Waals surface area contributed by atoms with Crippen molar-refractivity contribution < 1.29 is 4.79 Å². The summed E-state index contributed by atoms with van der Waals surface area (Å²) in [6.07, 6.45) is 0.428. The Hall–Kier alpha value is -2.09. The summed E-state index contributed by atoms with van der Waals surface area (Å²) in [6, 6.07) is 14.5. The fourth-order valence-corrected chi connectivity index (χ4v) is 2.33. The summed E-state index contributed by atoms with van der Waals surface area (Å²) in [4.78, 5) is 12.1. The van der Waals surface area contributed by atoms with Crippen LogP contribution in [0.3, 0.4) is 0 Å². The standard InChI is InChI=1S/C19H23NO/c1-13-5-9-18(10-6-13)16(4)20-19(21)12-17-8-7-14(2)15(3)11-17/h5-11,16H,12H2,1-4H3,(H,20,21)/t16-/m0/s1. The molecular formula is C19H23NO. The van der Waals surface area contributed by atoms with Crippen molar-refractivity contribution in [3.05, 3.63) is 70.3 Å². The molecule has 21 heavy (non-hydrogen) atoms. The summed E-state index contributed by atoms with van der Waals surface area (Å²) < 4.78 is 0. The van der Waals surface area contributed by atoms with E-state index >= 15 is 0 Å². The lowest BCUT2D eigenvalue weighted by molar-refractivity contribution is -0.121. The number of hydrogen-bond donors (Lipinski definition) is 1. The number of rotatable bonds is 4. The monoisotopic (exact) mass is 281 g/mol. The Morgan fingerprint density at radius 2 is 1.67 bits per heavy atom. The molecule has 0 bridgehead atoms. The van der Waals surface area contributed by atoms with Crippen LogP contribution >= 0.6 is 0 Å². The first-order valence-electron chi connectivity index (χ1n) is 7.38. The van der Waals surface area contributed by atoms with Crippen LogP contribution in [0.15, 0.2) is 42.5 Å². The highest BCUT2D eigenvalue weighted by atomic mass is 16.1. The van der Waals surface area contributed by atoms with Crippen LogP contribution in [-0.4, -0.2) is 5.91 Å². The summed E-state index contributed by atoms with van der Waals surface area (Å²) in [6.45, 7) is 8.24. The van der Waals surface area contributed by atoms with Gasteiger partial charge in [-0.25, -0.2) is 0 Å². The smallest absolute Gasteiger partial charge is 0.224 e. The maximum Gasteiger partial charge on any atom is 0.224 e. The Morgan fingerprint density at radius 1 is 1.00 bits per heavy atom. The van der Waals surface area contributed by atoms with Gasteiger partial charge in [0, 0.05) is 0 Å². The van der Waals surface area contributed by atoms with E-state index in [2.05, 4.69) is 62.5 Å². The molecule has 2 nitrogen and oxygen atoms in total. The minimum absolute atomic E-state index is 0.0321. The molecule has 110 valence electrons. The van der Waals surface area contributed by atoms with E-state index < -0.39 is 0 Å². The van der Waals surface area contributed by atoms with Crippen molar-refractivity contribution in [3.63, 3.8) is 0 Å². The lowest BCUT2D eigenvalue weighted by Crippen LogP contribution is -2.28. The molecular weight excluding hydrogens is 258 g/mol. The third-order valence-corrected chi connectivity index (χ3v) is 3.89. The molecule has 1 atom stereocenters. The van der Waals surface area contributed by atoms with E-state index in [0.717, 1.165) is 11.1 Å². The summed E-state index contributed by atoms with van der Waals surface area (Å²) in [5.74, 6) is 0.0614. The lowest BCUT2D eigenvalue weighted by atomic mass is 10.0. The van der Waals surface area contributed by atoms with Gasteiger partial charge in [0.2, 0.25) is 5.91 Å². The Kier molecular flexibility index (Phi) is 4.79. The van der Waals surface area contributed by atoms with Gasteiger partial charge in [0.25, 0.3) is 0 Å². The molecule has 0 aromatic heterocycles. The molecule has 0 aliphatic carbocycles. The SMILES string of the molecule is Cc1ccc([C@H](C)NC(=O)Cc2ccc(C)c(C)c2)cc1. The topological polar surface area (TPSA) is 29.1 Å². The van der Waals surface area contributed by atoms with Gasteiger partial charge in [0.1, 0.15) is 0 Å². The summed E-state index contributed by atoms with van der Waals surface area (Å²) in [5, 5.41) is 3.06. The Balaban J connectivity index is 1.97. The Morgan fingerprint density at radius 3 is 2.29 bits per heavy atom. The van der Waals surface area contributed by atoms with Crippen LogP contribution in [0.2, 0.25) is 0 Å². The maximum atomic E-state index is 12.1. The minimum Gasteiger partial charge on any atom is -0.349 e. The Bertz CT molecular complexity index is 629. The lowest BCUT2D eigenvalue weighted by Gasteiger charge is -2.15. The van der Waals surface area contributed by atoms with E-state index in [4.69, 9.17) is 0 Å². The van der Waals surface area contributed by atoms with E-state index in [0.29, 0.717) is 6.42 Å². The average molecular weight is 281 g/mol. The van der Waals surface area contributed by atoms with Crippen molar-refractivity contribution in [1.82, 2.24) is 5.32 Å². The van der Waals surface area contributed by atoms with Crippen molar-refractivity contribution in [3.8, 4) is 0 Å². The summed E-state index contributed by atoms with van der Waals surface area (Å²) in [7, 11) is 0. The number of hydrogen-bond acceptors (Lipinski definition) is 1. The second-order valence-electron chi connectivity index (χ2n) is 5.80. The quantitative estimate of drug-likeness (QED) is 0.900. The van der Waals surface area contributed by atoms with Crippen LogP contribution in [0.5, 0.6) is 0 Å². The number of amides is 1. The van der Waals surface area contributed by atoms with Gasteiger partial charge in [-0.15, -0.1) is 0 Å². The third kappa shape index (κ3) is 4.19. The normalized spacial score (nSPS) is 12.0. The van der Waals surface area contributed by atoms with Crippen LogP contribution < -0.4 is 5.32 Å². The molecule has 0 heterocycles. The van der Waals surface area contributed by atoms with Crippen molar-refractivity contribution in [2.45, 2.75) is 40.2 Å². The van der Waals surface area contributed by atoms with Crippen LogP contribution in [0.25, 0.3) is 0 Å². The maximum absolute atomic E-state index is 12.1. The zero-order valence-corrected chi connectivity index (χ0v) is 13.2. The van der Waals surface area contributed by atoms with E-state index in [1.807, 2.05) is 13.0 Å². The minimum atomic E-state index is 0.0321. The highest BCUT2D eigenvalue weighted by Gasteiger charge is 2.10. The molecule has 2 aromatic rings. The second kappa shape index (κ2) is 6.57. The zero-order chi connectivity index (χ0) is 15.4. The van der Waals surface area contributed by atoms with Gasteiger partial charge < -0.3 is 5.32 Å². The molecule has 2 heteroatoms. The molecule has 0 saturated carbocycles. The molecule has 0 fully saturated rings. The molecule has 1 amide bonds. The van der Waals surface area contributed by atoms with Crippen molar-refractivity contribution >= 4 is 5.91 Å². The van der Waals surface area contributed by atoms with Gasteiger partial charge in [0.15, 0.2) is 0 Å². The largest absolute Gasteiger partial charge is 0.349 e. The van der Waals surface area contributed by atoms with Gasteiger partial charge in [0.05, 0.1) is 12.5 Å². The van der Waals surface area contributed by atoms with Crippen molar-refractivity contribution in [2.75, 3.05) is 0 Å². The van der Waals surface area contributed by atoms with Crippen molar-refractivity contribution in [2.24, 2.45) is 0 Å². The number of carbonyl (C=O) groups excluding carboxylic acids is 1. The van der Waals surface area contributed by atoms with Gasteiger partial charge in [-0.3, -0.25) is 4.79 Å². The number of nitrogens with one attached hydrogen (secondary N) is 1.